The highest BCUT2D eigenvalue weighted by atomic mass is 31.2. The Bertz CT molecular complexity index is 2150. The number of aromatic nitrogens is 4. The summed E-state index contributed by atoms with van der Waals surface area (Å²) in [5.74, 6) is -2.13. The van der Waals surface area contributed by atoms with E-state index in [9.17, 15) is 49.3 Å². The molecule has 4 heterocycles. The molecule has 21 nitrogen and oxygen atoms in total. The molecule has 2 saturated heterocycles. The average Bonchev–Trinajstić information content (AvgIpc) is 3.60. The number of benzene rings is 2. The number of carbonyl (C=O) groups is 2. The van der Waals surface area contributed by atoms with Crippen LogP contribution in [0.15, 0.2) is 82.6 Å². The Hall–Kier alpha value is -5.03. The van der Waals surface area contributed by atoms with Crippen LogP contribution in [0, 0.1) is 0 Å². The van der Waals surface area contributed by atoms with Crippen molar-refractivity contribution in [2.45, 2.75) is 71.4 Å². The number of aliphatic hydroxyl groups excluding tert-OH is 5. The van der Waals surface area contributed by atoms with Crippen LogP contribution < -0.4 is 22.6 Å². The Kier molecular flexibility index (Phi) is 16.8. The van der Waals surface area contributed by atoms with Gasteiger partial charge in [0.05, 0.1) is 24.6 Å². The molecule has 2 fully saturated rings. The molecule has 57 heavy (non-hydrogen) atoms. The van der Waals surface area contributed by atoms with E-state index in [1.807, 2.05) is 0 Å². The standard InChI is InChI=1S/C16H18N3O9P.C16H17N3O6.3CH4/c17-14(22)11-15(23)19(6-9(18-11)8-4-2-1-3-5-8)16-13(21)12(20)10(28-16)7-27-29(24,25)26;17-14(23)11-15(24)19(16-13(22)12(21)10(7-20)25-16)6-9(18-11)8-4-2-1-3-5-8;;;/h1-6,10,12-13,16,20-21H,7H2,(H2,17,22)(H2,24,25,26);1-6,10,12-13,16,20-22H,7H2,(H2,17,23);3*1H4/t2*10-,12-,13-,16-;;;/m11.../s1. The molecule has 0 unspecified atom stereocenters. The summed E-state index contributed by atoms with van der Waals surface area (Å²) in [5, 5.41) is 49.6. The number of amides is 2. The van der Waals surface area contributed by atoms with E-state index in [-0.39, 0.29) is 33.7 Å². The van der Waals surface area contributed by atoms with Gasteiger partial charge >= 0.3 is 7.82 Å². The molecule has 0 bridgehead atoms. The second kappa shape index (κ2) is 19.9. The predicted molar refractivity (Wildman–Crippen MR) is 202 cm³/mol. The van der Waals surface area contributed by atoms with Gasteiger partial charge in [-0.25, -0.2) is 14.5 Å². The molecule has 6 rings (SSSR count). The smallest absolute Gasteiger partial charge is 0.394 e. The molecule has 2 amide bonds. The van der Waals surface area contributed by atoms with Crippen molar-refractivity contribution >= 4 is 19.6 Å². The van der Waals surface area contributed by atoms with Gasteiger partial charge in [0.1, 0.15) is 36.6 Å². The van der Waals surface area contributed by atoms with Crippen molar-refractivity contribution in [3.8, 4) is 22.5 Å². The van der Waals surface area contributed by atoms with Gasteiger partial charge in [-0.05, 0) is 0 Å². The normalized spacial score (nSPS) is 23.8. The summed E-state index contributed by atoms with van der Waals surface area (Å²) in [4.78, 5) is 73.9. The van der Waals surface area contributed by atoms with Crippen LogP contribution in [-0.4, -0.2) is 116 Å². The molecule has 0 saturated carbocycles. The summed E-state index contributed by atoms with van der Waals surface area (Å²) < 4.78 is 27.7. The number of rotatable bonds is 10. The molecule has 11 N–H and O–H groups in total. The maximum absolute atomic E-state index is 12.6. The van der Waals surface area contributed by atoms with Gasteiger partial charge in [0.2, 0.25) is 0 Å². The van der Waals surface area contributed by atoms with Gasteiger partial charge in [0.25, 0.3) is 22.9 Å². The van der Waals surface area contributed by atoms with Crippen molar-refractivity contribution in [3.63, 3.8) is 0 Å². The van der Waals surface area contributed by atoms with E-state index in [1.165, 1.54) is 12.4 Å². The Morgan fingerprint density at radius 2 is 1.05 bits per heavy atom. The highest BCUT2D eigenvalue weighted by Crippen LogP contribution is 2.38. The lowest BCUT2D eigenvalue weighted by molar-refractivity contribution is -0.0545. The molecular weight excluding hydrogens is 775 g/mol. The largest absolute Gasteiger partial charge is 0.469 e. The number of hydrogen-bond donors (Lipinski definition) is 9. The van der Waals surface area contributed by atoms with Gasteiger partial charge in [-0.15, -0.1) is 0 Å². The lowest BCUT2D eigenvalue weighted by Gasteiger charge is -2.19. The molecule has 2 aliphatic rings. The molecule has 0 spiro atoms. The molecule has 312 valence electrons. The molecule has 4 aromatic rings. The summed E-state index contributed by atoms with van der Waals surface area (Å²) in [6.45, 7) is -1.28. The zero-order chi connectivity index (χ0) is 39.5. The first kappa shape index (κ1) is 48.1. The maximum atomic E-state index is 12.6. The van der Waals surface area contributed by atoms with Crippen molar-refractivity contribution in [2.24, 2.45) is 11.5 Å². The van der Waals surface area contributed by atoms with Gasteiger partial charge in [-0.1, -0.05) is 82.9 Å². The molecular formula is C35H47N6O15P. The molecule has 2 aromatic carbocycles. The lowest BCUT2D eigenvalue weighted by atomic mass is 10.1. The van der Waals surface area contributed by atoms with E-state index in [0.29, 0.717) is 11.1 Å². The maximum Gasteiger partial charge on any atom is 0.469 e. The Morgan fingerprint density at radius 3 is 1.39 bits per heavy atom. The average molecular weight is 823 g/mol. The van der Waals surface area contributed by atoms with Gasteiger partial charge in [0, 0.05) is 23.5 Å². The first-order chi connectivity index (χ1) is 25.5. The number of carbonyl (C=O) groups excluding carboxylic acids is 2. The number of phosphoric acid groups is 1. The molecule has 0 radical (unpaired) electrons. The Morgan fingerprint density at radius 1 is 0.684 bits per heavy atom. The Labute approximate surface area is 325 Å². The number of hydrogen-bond acceptors (Lipinski definition) is 15. The highest BCUT2D eigenvalue weighted by molar-refractivity contribution is 7.46. The summed E-state index contributed by atoms with van der Waals surface area (Å²) in [5.41, 5.74) is 9.14. The van der Waals surface area contributed by atoms with Crippen molar-refractivity contribution < 1.29 is 63.5 Å². The second-order valence-corrected chi connectivity index (χ2v) is 13.1. The van der Waals surface area contributed by atoms with E-state index in [2.05, 4.69) is 14.5 Å². The van der Waals surface area contributed by atoms with E-state index < -0.39 is 104 Å². The minimum atomic E-state index is -4.85. The first-order valence-corrected chi connectivity index (χ1v) is 17.4. The third-order valence-electron chi connectivity index (χ3n) is 8.28. The number of aliphatic hydroxyl groups is 5. The predicted octanol–water partition coefficient (Wildman–Crippen LogP) is -0.733. The van der Waals surface area contributed by atoms with Crippen molar-refractivity contribution in [1.29, 1.82) is 0 Å². The summed E-state index contributed by atoms with van der Waals surface area (Å²) in [7, 11) is -4.85. The summed E-state index contributed by atoms with van der Waals surface area (Å²) in [6, 6.07) is 17.2. The molecule has 0 aliphatic carbocycles. The summed E-state index contributed by atoms with van der Waals surface area (Å²) >= 11 is 0. The van der Waals surface area contributed by atoms with Crippen LogP contribution in [-0.2, 0) is 18.6 Å². The Balaban J connectivity index is 0.000000377. The number of phosphoric ester groups is 1. The van der Waals surface area contributed by atoms with Gasteiger partial charge in [-0.2, -0.15) is 0 Å². The minimum absolute atomic E-state index is 0. The van der Waals surface area contributed by atoms with Crippen molar-refractivity contribution in [1.82, 2.24) is 19.1 Å². The zero-order valence-corrected chi connectivity index (χ0v) is 28.6. The fraction of sp³-hybridized carbons (Fsp3) is 0.371. The number of nitrogens with two attached hydrogens (primary N) is 2. The zero-order valence-electron chi connectivity index (χ0n) is 27.7. The number of ether oxygens (including phenoxy) is 2. The topological polar surface area (TPSA) is 342 Å². The number of nitrogens with zero attached hydrogens (tertiary/aromatic N) is 4. The van der Waals surface area contributed by atoms with E-state index >= 15 is 0 Å². The fourth-order valence-corrected chi connectivity index (χ4v) is 5.93. The van der Waals surface area contributed by atoms with Crippen LogP contribution in [0.3, 0.4) is 0 Å². The van der Waals surface area contributed by atoms with Gasteiger partial charge < -0.3 is 56.3 Å². The monoisotopic (exact) mass is 822 g/mol. The third-order valence-corrected chi connectivity index (χ3v) is 8.76. The van der Waals surface area contributed by atoms with E-state index in [1.54, 1.807) is 60.7 Å². The second-order valence-electron chi connectivity index (χ2n) is 11.9. The fourth-order valence-electron chi connectivity index (χ4n) is 5.59. The molecule has 2 aliphatic heterocycles. The van der Waals surface area contributed by atoms with E-state index in [0.717, 1.165) is 9.13 Å². The highest BCUT2D eigenvalue weighted by Gasteiger charge is 2.46. The van der Waals surface area contributed by atoms with Crippen LogP contribution in [0.25, 0.3) is 22.5 Å². The molecule has 8 atom stereocenters. The van der Waals surface area contributed by atoms with Gasteiger partial charge in [-0.3, -0.25) is 32.8 Å². The number of primary amides is 2. The van der Waals surface area contributed by atoms with Crippen molar-refractivity contribution in [3.05, 3.63) is 105 Å². The van der Waals surface area contributed by atoms with E-state index in [4.69, 9.17) is 30.7 Å². The van der Waals surface area contributed by atoms with Gasteiger partial charge in [0.15, 0.2) is 23.8 Å². The molecule has 22 heteroatoms. The minimum Gasteiger partial charge on any atom is -0.394 e. The lowest BCUT2D eigenvalue weighted by Crippen LogP contribution is -2.38. The molecule has 2 aromatic heterocycles. The summed E-state index contributed by atoms with van der Waals surface area (Å²) in [6.07, 6.45) is -8.78. The van der Waals surface area contributed by atoms with Crippen LogP contribution >= 0.6 is 7.82 Å². The third kappa shape index (κ3) is 10.7. The van der Waals surface area contributed by atoms with Crippen molar-refractivity contribution in [2.75, 3.05) is 13.2 Å². The van der Waals surface area contributed by atoms with Crippen LogP contribution in [0.5, 0.6) is 0 Å². The quantitative estimate of drug-likeness (QED) is 0.0890. The van der Waals surface area contributed by atoms with Crippen LogP contribution in [0.1, 0.15) is 55.7 Å². The van der Waals surface area contributed by atoms with Crippen LogP contribution in [0.4, 0.5) is 0 Å². The SMILES string of the molecule is C.C.C.NC(=O)c1nc(-c2ccccc2)cn([C@@H]2O[C@H](CO)[C@@H](O)[C@H]2O)c1=O.NC(=O)c1nc(-c2ccccc2)cn([C@@H]2O[C@H](COP(=O)(O)O)[C@@H](O)[C@H]2O)c1=O. The van der Waals surface area contributed by atoms with Crippen LogP contribution in [0.2, 0.25) is 0 Å². The first-order valence-electron chi connectivity index (χ1n) is 15.8.